The Labute approximate surface area is 189 Å². The zero-order chi connectivity index (χ0) is 22.1. The fraction of sp³-hybridized carbons (Fsp3) is 0.167. The van der Waals surface area contributed by atoms with E-state index in [1.807, 2.05) is 66.3 Å². The summed E-state index contributed by atoms with van der Waals surface area (Å²) in [5.74, 6) is -0.440. The number of fused-ring (bicyclic) bond motifs is 1. The number of aromatic nitrogens is 3. The van der Waals surface area contributed by atoms with Crippen LogP contribution in [0.15, 0.2) is 72.5 Å². The number of nitrogens with zero attached hydrogens (tertiary/aromatic N) is 4. The molecule has 1 N–H and O–H groups in total. The highest BCUT2D eigenvalue weighted by Crippen LogP contribution is 2.34. The Kier molecular flexibility index (Phi) is 5.28. The minimum absolute atomic E-state index is 0.159. The molecule has 0 spiro atoms. The summed E-state index contributed by atoms with van der Waals surface area (Å²) in [6.07, 6.45) is 5.40. The van der Waals surface area contributed by atoms with Gasteiger partial charge in [-0.3, -0.25) is 19.6 Å². The average molecular weight is 444 g/mol. The van der Waals surface area contributed by atoms with Gasteiger partial charge in [-0.05, 0) is 29.7 Å². The predicted molar refractivity (Wildman–Crippen MR) is 123 cm³/mol. The van der Waals surface area contributed by atoms with Crippen LogP contribution in [0.2, 0.25) is 0 Å². The van der Waals surface area contributed by atoms with E-state index in [1.54, 1.807) is 22.7 Å². The van der Waals surface area contributed by atoms with Gasteiger partial charge in [-0.1, -0.05) is 42.5 Å². The molecule has 0 saturated carbocycles. The Morgan fingerprint density at radius 1 is 1.19 bits per heavy atom. The van der Waals surface area contributed by atoms with Gasteiger partial charge in [-0.25, -0.2) is 4.98 Å². The van der Waals surface area contributed by atoms with Crippen LogP contribution in [0, 0.1) is 0 Å². The molecule has 0 bridgehead atoms. The first-order valence-electron chi connectivity index (χ1n) is 10.4. The molecule has 0 radical (unpaired) electrons. The van der Waals surface area contributed by atoms with E-state index < -0.39 is 6.04 Å². The fourth-order valence-corrected chi connectivity index (χ4v) is 4.50. The lowest BCUT2D eigenvalue weighted by molar-refractivity contribution is -0.120. The van der Waals surface area contributed by atoms with Crippen LogP contribution in [0.5, 0.6) is 0 Å². The van der Waals surface area contributed by atoms with Crippen molar-refractivity contribution in [1.29, 1.82) is 0 Å². The van der Waals surface area contributed by atoms with E-state index in [0.717, 1.165) is 28.8 Å². The Morgan fingerprint density at radius 2 is 2.03 bits per heavy atom. The van der Waals surface area contributed by atoms with E-state index in [2.05, 4.69) is 15.4 Å². The van der Waals surface area contributed by atoms with Crippen LogP contribution in [-0.2, 0) is 17.9 Å². The second kappa shape index (κ2) is 8.39. The lowest BCUT2D eigenvalue weighted by Crippen LogP contribution is -2.37. The minimum Gasteiger partial charge on any atom is -0.318 e. The number of carbonyl (C=O) groups excluding carboxylic acids is 2. The van der Waals surface area contributed by atoms with Gasteiger partial charge in [-0.2, -0.15) is 5.10 Å². The second-order valence-electron chi connectivity index (χ2n) is 7.53. The van der Waals surface area contributed by atoms with Crippen molar-refractivity contribution < 1.29 is 9.59 Å². The van der Waals surface area contributed by atoms with Gasteiger partial charge in [0.25, 0.3) is 11.8 Å². The van der Waals surface area contributed by atoms with Crippen molar-refractivity contribution in [2.24, 2.45) is 0 Å². The molecular formula is C24H21N5O2S. The molecular weight excluding hydrogens is 422 g/mol. The summed E-state index contributed by atoms with van der Waals surface area (Å²) in [4.78, 5) is 32.5. The lowest BCUT2D eigenvalue weighted by Gasteiger charge is -2.27. The van der Waals surface area contributed by atoms with E-state index in [0.29, 0.717) is 17.2 Å². The largest absolute Gasteiger partial charge is 0.318 e. The van der Waals surface area contributed by atoms with Crippen molar-refractivity contribution in [3.8, 4) is 11.1 Å². The number of rotatable bonds is 6. The van der Waals surface area contributed by atoms with Gasteiger partial charge < -0.3 is 4.90 Å². The summed E-state index contributed by atoms with van der Waals surface area (Å²) < 4.78 is 1.85. The van der Waals surface area contributed by atoms with Crippen LogP contribution >= 0.6 is 11.3 Å². The SMILES string of the molecule is CCn1cc(-c2ccc3c(c2)C(=O)N([C@@H](C(=O)Nc2nccs2)c2ccccc2)C3)cn1. The molecule has 2 aromatic heterocycles. The predicted octanol–water partition coefficient (Wildman–Crippen LogP) is 4.36. The third-order valence-electron chi connectivity index (χ3n) is 5.57. The molecule has 1 aliphatic heterocycles. The quantitative estimate of drug-likeness (QED) is 0.480. The van der Waals surface area contributed by atoms with Crippen LogP contribution in [0.25, 0.3) is 11.1 Å². The van der Waals surface area contributed by atoms with E-state index in [4.69, 9.17) is 0 Å². The highest BCUT2D eigenvalue weighted by atomic mass is 32.1. The van der Waals surface area contributed by atoms with Crippen molar-refractivity contribution in [1.82, 2.24) is 19.7 Å². The molecule has 8 heteroatoms. The maximum atomic E-state index is 13.5. The summed E-state index contributed by atoms with van der Waals surface area (Å²) in [7, 11) is 0. The Bertz CT molecular complexity index is 1270. The number of aryl methyl sites for hydroxylation is 1. The minimum atomic E-state index is -0.758. The first kappa shape index (κ1) is 20.1. The van der Waals surface area contributed by atoms with Gasteiger partial charge in [0.15, 0.2) is 5.13 Å². The first-order valence-corrected chi connectivity index (χ1v) is 11.2. The smallest absolute Gasteiger partial charge is 0.255 e. The van der Waals surface area contributed by atoms with Crippen LogP contribution < -0.4 is 5.32 Å². The molecule has 2 aromatic carbocycles. The number of anilines is 1. The van der Waals surface area contributed by atoms with Gasteiger partial charge in [0.1, 0.15) is 6.04 Å². The Balaban J connectivity index is 1.48. The molecule has 1 atom stereocenters. The molecule has 0 aliphatic carbocycles. The van der Waals surface area contributed by atoms with Crippen molar-refractivity contribution in [2.75, 3.05) is 5.32 Å². The first-order chi connectivity index (χ1) is 15.6. The van der Waals surface area contributed by atoms with Gasteiger partial charge in [0.05, 0.1) is 6.20 Å². The molecule has 5 rings (SSSR count). The third-order valence-corrected chi connectivity index (χ3v) is 6.26. The van der Waals surface area contributed by atoms with Crippen molar-refractivity contribution in [2.45, 2.75) is 26.1 Å². The van der Waals surface area contributed by atoms with Gasteiger partial charge in [-0.15, -0.1) is 11.3 Å². The number of hydrogen-bond acceptors (Lipinski definition) is 5. The molecule has 7 nitrogen and oxygen atoms in total. The van der Waals surface area contributed by atoms with Gasteiger partial charge in [0.2, 0.25) is 0 Å². The van der Waals surface area contributed by atoms with E-state index in [1.165, 1.54) is 11.3 Å². The number of amides is 2. The number of nitrogens with one attached hydrogen (secondary N) is 1. The van der Waals surface area contributed by atoms with Crippen LogP contribution in [0.1, 0.15) is 34.5 Å². The number of hydrogen-bond donors (Lipinski definition) is 1. The van der Waals surface area contributed by atoms with Crippen LogP contribution in [0.3, 0.4) is 0 Å². The molecule has 1 aliphatic rings. The van der Waals surface area contributed by atoms with E-state index in [-0.39, 0.29) is 11.8 Å². The molecule has 2 amide bonds. The highest BCUT2D eigenvalue weighted by molar-refractivity contribution is 7.13. The zero-order valence-electron chi connectivity index (χ0n) is 17.4. The van der Waals surface area contributed by atoms with E-state index >= 15 is 0 Å². The van der Waals surface area contributed by atoms with Crippen LogP contribution in [-0.4, -0.2) is 31.5 Å². The number of carbonyl (C=O) groups is 2. The van der Waals surface area contributed by atoms with Gasteiger partial charge in [0, 0.05) is 42.0 Å². The highest BCUT2D eigenvalue weighted by Gasteiger charge is 2.37. The molecule has 4 aromatic rings. The normalized spacial score (nSPS) is 13.8. The summed E-state index contributed by atoms with van der Waals surface area (Å²) in [5.41, 5.74) is 4.18. The monoisotopic (exact) mass is 443 g/mol. The lowest BCUT2D eigenvalue weighted by atomic mass is 10.0. The van der Waals surface area contributed by atoms with Gasteiger partial charge >= 0.3 is 0 Å². The van der Waals surface area contributed by atoms with Crippen molar-refractivity contribution in [3.05, 3.63) is 89.2 Å². The maximum Gasteiger partial charge on any atom is 0.255 e. The summed E-state index contributed by atoms with van der Waals surface area (Å²) in [6.45, 7) is 3.18. The standard InChI is InChI=1S/C24H21N5O2S/c1-2-28-14-19(13-26-28)17-8-9-18-15-29(23(31)20(18)12-17)21(16-6-4-3-5-7-16)22(30)27-24-25-10-11-32-24/h3-14,21H,2,15H2,1H3,(H,25,27,30)/t21-/m1/s1. The summed E-state index contributed by atoms with van der Waals surface area (Å²) >= 11 is 1.34. The topological polar surface area (TPSA) is 80.1 Å². The van der Waals surface area contributed by atoms with Crippen molar-refractivity contribution >= 4 is 28.3 Å². The van der Waals surface area contributed by atoms with E-state index in [9.17, 15) is 9.59 Å². The molecule has 0 fully saturated rings. The maximum absolute atomic E-state index is 13.5. The van der Waals surface area contributed by atoms with Crippen molar-refractivity contribution in [3.63, 3.8) is 0 Å². The summed E-state index contributed by atoms with van der Waals surface area (Å²) in [5, 5.41) is 9.49. The Hall–Kier alpha value is -3.78. The molecule has 0 unspecified atom stereocenters. The molecule has 160 valence electrons. The molecule has 32 heavy (non-hydrogen) atoms. The second-order valence-corrected chi connectivity index (χ2v) is 8.42. The molecule has 3 heterocycles. The van der Waals surface area contributed by atoms with Crippen LogP contribution in [0.4, 0.5) is 5.13 Å². The average Bonchev–Trinajstić information content (AvgIpc) is 3.56. The zero-order valence-corrected chi connectivity index (χ0v) is 18.2. The molecule has 0 saturated heterocycles. The summed E-state index contributed by atoms with van der Waals surface area (Å²) in [6, 6.07) is 14.5. The number of thiazole rings is 1. The fourth-order valence-electron chi connectivity index (χ4n) is 3.96. The Morgan fingerprint density at radius 3 is 2.75 bits per heavy atom. The number of benzene rings is 2. The third kappa shape index (κ3) is 3.69.